The maximum atomic E-state index is 3.82. The Kier molecular flexibility index (Phi) is 7.23. The van der Waals surface area contributed by atoms with E-state index in [0.717, 1.165) is 0 Å². The highest BCUT2D eigenvalue weighted by Gasteiger charge is 2.22. The number of hydrogen-bond donors (Lipinski definition) is 0. The lowest BCUT2D eigenvalue weighted by Gasteiger charge is -2.24. The van der Waals surface area contributed by atoms with Gasteiger partial charge in [-0.15, -0.1) is 0 Å². The van der Waals surface area contributed by atoms with Crippen molar-refractivity contribution in [3.05, 3.63) is 46.3 Å². The lowest BCUT2D eigenvalue weighted by atomic mass is 9.89. The van der Waals surface area contributed by atoms with Gasteiger partial charge < -0.3 is 0 Å². The van der Waals surface area contributed by atoms with Gasteiger partial charge in [0.1, 0.15) is 0 Å². The normalized spacial score (nSPS) is 13.0. The Bertz CT molecular complexity index is 683. The van der Waals surface area contributed by atoms with Crippen molar-refractivity contribution in [3.63, 3.8) is 0 Å². The summed E-state index contributed by atoms with van der Waals surface area (Å²) >= 11 is 7.65. The minimum Gasteiger partial charge on any atom is -0.0830 e. The van der Waals surface area contributed by atoms with Gasteiger partial charge in [-0.3, -0.25) is 0 Å². The van der Waals surface area contributed by atoms with Crippen LogP contribution in [0.1, 0.15) is 81.5 Å². The third-order valence-corrected chi connectivity index (χ3v) is 12.4. The second-order valence-electron chi connectivity index (χ2n) is 7.49. The summed E-state index contributed by atoms with van der Waals surface area (Å²) < 4.78 is 0. The number of aryl methyl sites for hydroxylation is 1. The van der Waals surface area contributed by atoms with Crippen LogP contribution >= 0.6 is 43.8 Å². The maximum Gasteiger partial charge on any atom is 0.0698 e. The van der Waals surface area contributed by atoms with Gasteiger partial charge in [-0.1, -0.05) is 61.2 Å². The molecule has 4 heteroatoms. The lowest BCUT2D eigenvalue weighted by molar-refractivity contribution is 0.811. The topological polar surface area (TPSA) is 0 Å². The molecule has 132 valence electrons. The van der Waals surface area contributed by atoms with E-state index >= 15 is 0 Å². The third kappa shape index (κ3) is 4.37. The highest BCUT2D eigenvalue weighted by Crippen LogP contribution is 2.60. The standard InChI is InChI=1S/C20H28Br2P2/c1-12(2)16-9-17(13(3)4)20(18(10-16)14(5)6)23-11-15(7)8-19(23)24(21)22/h8-14H,1-7H3. The molecule has 2 aromatic rings. The molecule has 0 bridgehead atoms. The third-order valence-electron chi connectivity index (χ3n) is 4.45. The molecule has 1 unspecified atom stereocenters. The van der Waals surface area contributed by atoms with Gasteiger partial charge in [-0.2, -0.15) is 0 Å². The van der Waals surface area contributed by atoms with Crippen molar-refractivity contribution in [2.45, 2.75) is 66.2 Å². The number of benzene rings is 1. The summed E-state index contributed by atoms with van der Waals surface area (Å²) in [6.07, 6.45) is 0. The fourth-order valence-corrected chi connectivity index (χ4v) is 10.7. The van der Waals surface area contributed by atoms with Gasteiger partial charge in [0.15, 0.2) is 0 Å². The first kappa shape index (κ1) is 20.7. The summed E-state index contributed by atoms with van der Waals surface area (Å²) in [5.41, 5.74) is 5.97. The van der Waals surface area contributed by atoms with Gasteiger partial charge >= 0.3 is 0 Å². The minimum atomic E-state index is -0.412. The molecule has 0 saturated carbocycles. The van der Waals surface area contributed by atoms with Gasteiger partial charge in [0.05, 0.1) is 5.33 Å². The first-order chi connectivity index (χ1) is 11.1. The van der Waals surface area contributed by atoms with E-state index in [0.29, 0.717) is 17.8 Å². The molecule has 1 heterocycles. The molecule has 0 N–H and O–H groups in total. The van der Waals surface area contributed by atoms with Crippen LogP contribution in [0.15, 0.2) is 24.0 Å². The fraction of sp³-hybridized carbons (Fsp3) is 0.500. The van der Waals surface area contributed by atoms with Gasteiger partial charge in [0.25, 0.3) is 0 Å². The molecule has 0 amide bonds. The van der Waals surface area contributed by atoms with Crippen molar-refractivity contribution in [2.24, 2.45) is 0 Å². The number of rotatable bonds is 5. The molecule has 0 fully saturated rings. The summed E-state index contributed by atoms with van der Waals surface area (Å²) in [6, 6.07) is 7.33. The molecule has 1 aromatic carbocycles. The largest absolute Gasteiger partial charge is 0.0830 e. The Morgan fingerprint density at radius 1 is 0.833 bits per heavy atom. The molecule has 0 spiro atoms. The van der Waals surface area contributed by atoms with Crippen molar-refractivity contribution < 1.29 is 0 Å². The average Bonchev–Trinajstić information content (AvgIpc) is 2.87. The summed E-state index contributed by atoms with van der Waals surface area (Å²) in [5.74, 6) is 4.17. The zero-order valence-electron chi connectivity index (χ0n) is 15.7. The summed E-state index contributed by atoms with van der Waals surface area (Å²) in [5, 5.41) is 2.73. The molecular formula is C20H28Br2P2. The number of halogens is 2. The monoisotopic (exact) mass is 488 g/mol. The van der Waals surface area contributed by atoms with Gasteiger partial charge in [0, 0.05) is 10.3 Å². The zero-order valence-corrected chi connectivity index (χ0v) is 20.7. The first-order valence-electron chi connectivity index (χ1n) is 8.62. The van der Waals surface area contributed by atoms with Crippen LogP contribution in [-0.4, -0.2) is 0 Å². The van der Waals surface area contributed by atoms with Crippen molar-refractivity contribution in [1.29, 1.82) is 0 Å². The second-order valence-corrected chi connectivity index (χ2v) is 17.8. The molecule has 0 aliphatic carbocycles. The molecule has 0 aliphatic heterocycles. The van der Waals surface area contributed by atoms with Crippen molar-refractivity contribution in [1.82, 2.24) is 0 Å². The lowest BCUT2D eigenvalue weighted by Crippen LogP contribution is -2.03. The Hall–Kier alpha value is 0.390. The SMILES string of the molecule is Cc1cc(P(Br)Br)p(-c2c(C(C)C)cc(C(C)C)cc2C(C)C)c1. The zero-order chi connectivity index (χ0) is 18.2. The Balaban J connectivity index is 2.86. The summed E-state index contributed by atoms with van der Waals surface area (Å²) in [4.78, 5) is 0. The minimum absolute atomic E-state index is 0.386. The fourth-order valence-electron chi connectivity index (χ4n) is 3.09. The molecule has 1 aromatic heterocycles. The highest BCUT2D eigenvalue weighted by atomic mass is 79.9. The van der Waals surface area contributed by atoms with E-state index < -0.39 is 5.33 Å². The maximum absolute atomic E-state index is 3.82. The molecule has 2 rings (SSSR count). The van der Waals surface area contributed by atoms with Crippen LogP contribution in [0.2, 0.25) is 0 Å². The van der Waals surface area contributed by atoms with E-state index in [4.69, 9.17) is 0 Å². The van der Waals surface area contributed by atoms with Crippen LogP contribution in [0.5, 0.6) is 0 Å². The molecule has 0 saturated heterocycles. The average molecular weight is 490 g/mol. The van der Waals surface area contributed by atoms with E-state index in [9.17, 15) is 0 Å². The molecule has 0 radical (unpaired) electrons. The molecule has 1 atom stereocenters. The van der Waals surface area contributed by atoms with Crippen LogP contribution in [0.3, 0.4) is 0 Å². The first-order valence-corrected chi connectivity index (χ1v) is 15.4. The quantitative estimate of drug-likeness (QED) is 0.367. The van der Waals surface area contributed by atoms with Crippen LogP contribution in [0.4, 0.5) is 0 Å². The van der Waals surface area contributed by atoms with E-state index in [1.54, 1.807) is 21.5 Å². The highest BCUT2D eigenvalue weighted by molar-refractivity contribution is 9.70. The van der Waals surface area contributed by atoms with Crippen LogP contribution < -0.4 is 5.04 Å². The van der Waals surface area contributed by atoms with Gasteiger partial charge in [-0.05, 0) is 89.8 Å². The van der Waals surface area contributed by atoms with E-state index in [2.05, 4.69) is 103 Å². The van der Waals surface area contributed by atoms with E-state index in [1.807, 2.05) is 0 Å². The number of hydrogen-bond acceptors (Lipinski definition) is 0. The molecule has 24 heavy (non-hydrogen) atoms. The van der Waals surface area contributed by atoms with Crippen LogP contribution in [0.25, 0.3) is 5.30 Å². The second kappa shape index (κ2) is 8.39. The predicted octanol–water partition coefficient (Wildman–Crippen LogP) is 9.07. The van der Waals surface area contributed by atoms with Gasteiger partial charge in [0.2, 0.25) is 0 Å². The van der Waals surface area contributed by atoms with Crippen LogP contribution in [0, 0.1) is 6.92 Å². The van der Waals surface area contributed by atoms with E-state index in [-0.39, 0.29) is 7.53 Å². The van der Waals surface area contributed by atoms with Crippen molar-refractivity contribution in [2.75, 3.05) is 0 Å². The Morgan fingerprint density at radius 3 is 1.71 bits per heavy atom. The smallest absolute Gasteiger partial charge is 0.0698 e. The molecule has 0 nitrogen and oxygen atoms in total. The predicted molar refractivity (Wildman–Crippen MR) is 122 cm³/mol. The van der Waals surface area contributed by atoms with Crippen molar-refractivity contribution >= 4 is 48.9 Å². The summed E-state index contributed by atoms with van der Waals surface area (Å²) in [7, 11) is -0.386. The van der Waals surface area contributed by atoms with Crippen molar-refractivity contribution in [3.8, 4) is 5.30 Å². The van der Waals surface area contributed by atoms with Gasteiger partial charge in [-0.25, -0.2) is 0 Å². The molecular weight excluding hydrogens is 462 g/mol. The molecule has 0 aliphatic rings. The van der Waals surface area contributed by atoms with E-state index in [1.165, 1.54) is 11.1 Å². The van der Waals surface area contributed by atoms with Crippen LogP contribution in [-0.2, 0) is 0 Å². The summed E-state index contributed by atoms with van der Waals surface area (Å²) in [6.45, 7) is 16.2. The Labute approximate surface area is 166 Å². The Morgan fingerprint density at radius 2 is 1.33 bits per heavy atom.